The molecule has 0 aromatic carbocycles. The van der Waals surface area contributed by atoms with Crippen LogP contribution >= 0.6 is 11.6 Å². The first-order chi connectivity index (χ1) is 9.16. The van der Waals surface area contributed by atoms with Crippen molar-refractivity contribution >= 4 is 23.4 Å². The summed E-state index contributed by atoms with van der Waals surface area (Å²) in [5, 5.41) is 12.4. The number of nitrogens with zero attached hydrogens (tertiary/aromatic N) is 1. The minimum Gasteiger partial charge on any atom is -0.478 e. The minimum absolute atomic E-state index is 0.155. The van der Waals surface area contributed by atoms with E-state index in [0.29, 0.717) is 17.5 Å². The molecule has 1 aromatic heterocycles. The summed E-state index contributed by atoms with van der Waals surface area (Å²) in [7, 11) is 0. The lowest BCUT2D eigenvalue weighted by Gasteiger charge is -2.14. The molecule has 1 heterocycles. The molecule has 0 fully saturated rings. The summed E-state index contributed by atoms with van der Waals surface area (Å²) in [5.41, 5.74) is 1.60. The summed E-state index contributed by atoms with van der Waals surface area (Å²) in [6, 6.07) is 2.96. The standard InChI is InChI=1S/C14H17ClN2O2/c15-12-7-6-11(14(18)19)13(17-12)16-9-8-10-4-2-1-3-5-10/h4,6-7H,1-3,5,8-9H2,(H,16,17)(H,18,19). The largest absolute Gasteiger partial charge is 0.478 e. The van der Waals surface area contributed by atoms with Crippen molar-refractivity contribution < 1.29 is 9.90 Å². The number of aromatic carboxylic acids is 1. The fraction of sp³-hybridized carbons (Fsp3) is 0.429. The summed E-state index contributed by atoms with van der Waals surface area (Å²) >= 11 is 5.79. The summed E-state index contributed by atoms with van der Waals surface area (Å²) in [4.78, 5) is 15.1. The molecule has 0 spiro atoms. The molecule has 0 saturated heterocycles. The monoisotopic (exact) mass is 280 g/mol. The van der Waals surface area contributed by atoms with Gasteiger partial charge in [-0.1, -0.05) is 23.3 Å². The SMILES string of the molecule is O=C(O)c1ccc(Cl)nc1NCCC1=CCCCC1. The molecule has 0 radical (unpaired) electrons. The number of anilines is 1. The Morgan fingerprint density at radius 2 is 2.26 bits per heavy atom. The number of hydrogen-bond donors (Lipinski definition) is 2. The Hall–Kier alpha value is -1.55. The van der Waals surface area contributed by atoms with Crippen LogP contribution in [0.3, 0.4) is 0 Å². The Bertz CT molecular complexity index is 500. The van der Waals surface area contributed by atoms with Crippen molar-refractivity contribution in [3.8, 4) is 0 Å². The highest BCUT2D eigenvalue weighted by molar-refractivity contribution is 6.29. The zero-order chi connectivity index (χ0) is 13.7. The Morgan fingerprint density at radius 3 is 2.95 bits per heavy atom. The molecular formula is C14H17ClN2O2. The van der Waals surface area contributed by atoms with Gasteiger partial charge in [0.25, 0.3) is 0 Å². The lowest BCUT2D eigenvalue weighted by Crippen LogP contribution is -2.10. The molecule has 4 nitrogen and oxygen atoms in total. The van der Waals surface area contributed by atoms with Gasteiger partial charge in [0, 0.05) is 6.54 Å². The third-order valence-corrected chi connectivity index (χ3v) is 3.43. The first kappa shape index (κ1) is 13.9. The van der Waals surface area contributed by atoms with Crippen LogP contribution in [0.1, 0.15) is 42.5 Å². The second-order valence-electron chi connectivity index (χ2n) is 4.62. The molecule has 19 heavy (non-hydrogen) atoms. The van der Waals surface area contributed by atoms with Crippen LogP contribution < -0.4 is 5.32 Å². The lowest BCUT2D eigenvalue weighted by atomic mass is 9.97. The molecule has 0 amide bonds. The van der Waals surface area contributed by atoms with E-state index in [0.717, 1.165) is 19.3 Å². The number of carboxylic acid groups (broad SMARTS) is 1. The Morgan fingerprint density at radius 1 is 1.42 bits per heavy atom. The van der Waals surface area contributed by atoms with Crippen LogP contribution in [0.25, 0.3) is 0 Å². The summed E-state index contributed by atoms with van der Waals surface area (Å²) < 4.78 is 0. The molecule has 5 heteroatoms. The van der Waals surface area contributed by atoms with Gasteiger partial charge in [-0.15, -0.1) is 0 Å². The van der Waals surface area contributed by atoms with E-state index < -0.39 is 5.97 Å². The van der Waals surface area contributed by atoms with Crippen LogP contribution in [-0.2, 0) is 0 Å². The predicted octanol–water partition coefficient (Wildman–Crippen LogP) is 3.74. The van der Waals surface area contributed by atoms with E-state index in [-0.39, 0.29) is 5.56 Å². The van der Waals surface area contributed by atoms with Gasteiger partial charge in [0.1, 0.15) is 16.5 Å². The average molecular weight is 281 g/mol. The van der Waals surface area contributed by atoms with Crippen LogP contribution in [0.5, 0.6) is 0 Å². The smallest absolute Gasteiger partial charge is 0.339 e. The second-order valence-corrected chi connectivity index (χ2v) is 5.01. The Balaban J connectivity index is 1.96. The summed E-state index contributed by atoms with van der Waals surface area (Å²) in [5.74, 6) is -0.653. The van der Waals surface area contributed by atoms with Crippen LogP contribution in [0.15, 0.2) is 23.8 Å². The molecule has 2 rings (SSSR count). The molecule has 102 valence electrons. The number of pyridine rings is 1. The molecule has 0 atom stereocenters. The highest BCUT2D eigenvalue weighted by atomic mass is 35.5. The predicted molar refractivity (Wildman–Crippen MR) is 75.9 cm³/mol. The molecule has 1 aliphatic rings. The summed E-state index contributed by atoms with van der Waals surface area (Å²) in [6.45, 7) is 0.680. The van der Waals surface area contributed by atoms with Crippen LogP contribution in [-0.4, -0.2) is 22.6 Å². The molecule has 1 aliphatic carbocycles. The van der Waals surface area contributed by atoms with Gasteiger partial charge < -0.3 is 10.4 Å². The molecular weight excluding hydrogens is 264 g/mol. The van der Waals surface area contributed by atoms with E-state index in [9.17, 15) is 4.79 Å². The maximum absolute atomic E-state index is 11.1. The van der Waals surface area contributed by atoms with Gasteiger partial charge in [-0.05, 0) is 44.2 Å². The first-order valence-corrected chi connectivity index (χ1v) is 6.86. The molecule has 0 aliphatic heterocycles. The molecule has 0 saturated carbocycles. The van der Waals surface area contributed by atoms with E-state index in [1.54, 1.807) is 0 Å². The number of rotatable bonds is 5. The van der Waals surface area contributed by atoms with Gasteiger partial charge in [-0.25, -0.2) is 9.78 Å². The number of carboxylic acids is 1. The van der Waals surface area contributed by atoms with E-state index in [2.05, 4.69) is 16.4 Å². The number of carbonyl (C=O) groups is 1. The van der Waals surface area contributed by atoms with Gasteiger partial charge in [-0.3, -0.25) is 0 Å². The fourth-order valence-corrected chi connectivity index (χ4v) is 2.36. The minimum atomic E-state index is -0.997. The Labute approximate surface area is 117 Å². The van der Waals surface area contributed by atoms with Crippen molar-refractivity contribution in [2.75, 3.05) is 11.9 Å². The number of hydrogen-bond acceptors (Lipinski definition) is 3. The van der Waals surface area contributed by atoms with Crippen molar-refractivity contribution in [3.05, 3.63) is 34.5 Å². The van der Waals surface area contributed by atoms with Crippen molar-refractivity contribution in [3.63, 3.8) is 0 Å². The van der Waals surface area contributed by atoms with E-state index in [4.69, 9.17) is 16.7 Å². The van der Waals surface area contributed by atoms with Crippen molar-refractivity contribution in [1.29, 1.82) is 0 Å². The second kappa shape index (κ2) is 6.57. The van der Waals surface area contributed by atoms with E-state index in [1.165, 1.54) is 30.5 Å². The number of aromatic nitrogens is 1. The van der Waals surface area contributed by atoms with Crippen LogP contribution in [0.2, 0.25) is 5.15 Å². The van der Waals surface area contributed by atoms with E-state index in [1.807, 2.05) is 0 Å². The maximum Gasteiger partial charge on any atom is 0.339 e. The van der Waals surface area contributed by atoms with Crippen LogP contribution in [0.4, 0.5) is 5.82 Å². The van der Waals surface area contributed by atoms with Gasteiger partial charge in [0.15, 0.2) is 0 Å². The fourth-order valence-electron chi connectivity index (χ4n) is 2.22. The third-order valence-electron chi connectivity index (χ3n) is 3.22. The van der Waals surface area contributed by atoms with E-state index >= 15 is 0 Å². The normalized spacial score (nSPS) is 14.9. The topological polar surface area (TPSA) is 62.2 Å². The number of allylic oxidation sites excluding steroid dienone is 1. The molecule has 2 N–H and O–H groups in total. The summed E-state index contributed by atoms with van der Waals surface area (Å²) in [6.07, 6.45) is 8.04. The van der Waals surface area contributed by atoms with Crippen molar-refractivity contribution in [2.45, 2.75) is 32.1 Å². The van der Waals surface area contributed by atoms with Gasteiger partial charge in [-0.2, -0.15) is 0 Å². The van der Waals surface area contributed by atoms with Crippen molar-refractivity contribution in [2.24, 2.45) is 0 Å². The zero-order valence-corrected chi connectivity index (χ0v) is 11.4. The average Bonchev–Trinajstić information content (AvgIpc) is 2.39. The molecule has 1 aromatic rings. The van der Waals surface area contributed by atoms with Gasteiger partial charge in [0.2, 0.25) is 0 Å². The van der Waals surface area contributed by atoms with Crippen LogP contribution in [0, 0.1) is 0 Å². The first-order valence-electron chi connectivity index (χ1n) is 6.48. The molecule has 0 unspecified atom stereocenters. The maximum atomic E-state index is 11.1. The quantitative estimate of drug-likeness (QED) is 0.637. The lowest BCUT2D eigenvalue weighted by molar-refractivity contribution is 0.0697. The van der Waals surface area contributed by atoms with Gasteiger partial charge >= 0.3 is 5.97 Å². The van der Waals surface area contributed by atoms with Crippen molar-refractivity contribution in [1.82, 2.24) is 4.98 Å². The van der Waals surface area contributed by atoms with Gasteiger partial charge in [0.05, 0.1) is 0 Å². The highest BCUT2D eigenvalue weighted by Gasteiger charge is 2.12. The Kier molecular flexibility index (Phi) is 4.80. The third kappa shape index (κ3) is 3.96. The number of nitrogens with one attached hydrogen (secondary N) is 1. The zero-order valence-electron chi connectivity index (χ0n) is 10.7. The molecule has 0 bridgehead atoms. The highest BCUT2D eigenvalue weighted by Crippen LogP contribution is 2.21. The number of halogens is 1.